The van der Waals surface area contributed by atoms with E-state index in [1.807, 2.05) is 25.1 Å². The molecular formula is C21H17ClFNO3. The molecule has 1 aromatic heterocycles. The number of furan rings is 1. The number of nitrogens with one attached hydrogen (secondary N) is 1. The zero-order valence-electron chi connectivity index (χ0n) is 14.6. The van der Waals surface area contributed by atoms with Crippen LogP contribution in [0.5, 0.6) is 0 Å². The van der Waals surface area contributed by atoms with Gasteiger partial charge in [0, 0.05) is 11.3 Å². The number of carbonyl (C=O) groups excluding carboxylic acids is 1. The van der Waals surface area contributed by atoms with Crippen molar-refractivity contribution in [2.24, 2.45) is 0 Å². The van der Waals surface area contributed by atoms with Gasteiger partial charge in [-0.25, -0.2) is 4.39 Å². The van der Waals surface area contributed by atoms with Crippen LogP contribution in [0.3, 0.4) is 0 Å². The largest absolute Gasteiger partial charge is 0.466 e. The molecular weight excluding hydrogens is 369 g/mol. The lowest BCUT2D eigenvalue weighted by molar-refractivity contribution is -0.126. The molecule has 0 aliphatic carbocycles. The van der Waals surface area contributed by atoms with E-state index in [2.05, 4.69) is 5.32 Å². The molecule has 1 unspecified atom stereocenters. The number of benzene rings is 2. The van der Waals surface area contributed by atoms with Crippen LogP contribution < -0.4 is 5.32 Å². The van der Waals surface area contributed by atoms with E-state index in [1.54, 1.807) is 24.5 Å². The fourth-order valence-corrected chi connectivity index (χ4v) is 3.59. The lowest BCUT2D eigenvalue weighted by Crippen LogP contribution is -2.30. The first kappa shape index (κ1) is 17.8. The lowest BCUT2D eigenvalue weighted by Gasteiger charge is -2.31. The number of rotatable bonds is 3. The second-order valence-corrected chi connectivity index (χ2v) is 6.79. The minimum atomic E-state index is -0.918. The quantitative estimate of drug-likeness (QED) is 0.660. The molecule has 1 amide bonds. The van der Waals surface area contributed by atoms with E-state index >= 15 is 0 Å². The van der Waals surface area contributed by atoms with Gasteiger partial charge in [0.25, 0.3) is 0 Å². The van der Waals surface area contributed by atoms with Gasteiger partial charge >= 0.3 is 0 Å². The predicted octanol–water partition coefficient (Wildman–Crippen LogP) is 5.36. The third-order valence-electron chi connectivity index (χ3n) is 4.85. The Kier molecular flexibility index (Phi) is 4.50. The summed E-state index contributed by atoms with van der Waals surface area (Å²) in [6.07, 6.45) is 2.13. The van der Waals surface area contributed by atoms with Crippen LogP contribution in [0.2, 0.25) is 5.02 Å². The molecule has 3 aromatic rings. The second-order valence-electron chi connectivity index (χ2n) is 6.38. The van der Waals surface area contributed by atoms with E-state index in [0.29, 0.717) is 23.4 Å². The van der Waals surface area contributed by atoms with Crippen molar-refractivity contribution in [1.29, 1.82) is 0 Å². The molecule has 1 aliphatic rings. The number of anilines is 1. The van der Waals surface area contributed by atoms with Crippen LogP contribution in [-0.4, -0.2) is 12.5 Å². The Morgan fingerprint density at radius 3 is 2.67 bits per heavy atom. The van der Waals surface area contributed by atoms with Crippen molar-refractivity contribution >= 4 is 23.2 Å². The summed E-state index contributed by atoms with van der Waals surface area (Å²) in [5.41, 5.74) is 1.96. The van der Waals surface area contributed by atoms with Crippen LogP contribution in [0, 0.1) is 5.82 Å². The van der Waals surface area contributed by atoms with Crippen molar-refractivity contribution in [2.45, 2.75) is 18.9 Å². The van der Waals surface area contributed by atoms with Crippen molar-refractivity contribution < 1.29 is 18.3 Å². The molecule has 0 spiro atoms. The van der Waals surface area contributed by atoms with Crippen LogP contribution in [-0.2, 0) is 15.1 Å². The highest BCUT2D eigenvalue weighted by Gasteiger charge is 2.41. The predicted molar refractivity (Wildman–Crippen MR) is 101 cm³/mol. The summed E-state index contributed by atoms with van der Waals surface area (Å²) in [6.45, 7) is 1.88. The Morgan fingerprint density at radius 1 is 1.19 bits per heavy atom. The highest BCUT2D eigenvalue weighted by Crippen LogP contribution is 2.44. The molecule has 0 saturated heterocycles. The molecule has 0 fully saturated rings. The van der Waals surface area contributed by atoms with Gasteiger partial charge in [0.05, 0.1) is 11.3 Å². The number of hydrogen-bond donors (Lipinski definition) is 1. The van der Waals surface area contributed by atoms with Crippen molar-refractivity contribution in [3.8, 4) is 11.1 Å². The molecule has 4 nitrogen and oxygen atoms in total. The summed E-state index contributed by atoms with van der Waals surface area (Å²) in [7, 11) is 0. The van der Waals surface area contributed by atoms with Gasteiger partial charge in [0.15, 0.2) is 5.60 Å². The Labute approximate surface area is 160 Å². The molecule has 2 aromatic carbocycles. The van der Waals surface area contributed by atoms with E-state index in [1.165, 1.54) is 12.1 Å². The molecule has 0 radical (unpaired) electrons. The molecule has 1 aliphatic heterocycles. The molecule has 4 rings (SSSR count). The fourth-order valence-electron chi connectivity index (χ4n) is 3.47. The SMILES string of the molecule is CCC1(c2ccco2)OCC(=O)Nc2ccc(-c3ccc(Cl)c(F)c3)cc21. The molecule has 2 heterocycles. The first-order valence-corrected chi connectivity index (χ1v) is 8.99. The van der Waals surface area contributed by atoms with E-state index in [9.17, 15) is 9.18 Å². The first-order valence-electron chi connectivity index (χ1n) is 8.61. The van der Waals surface area contributed by atoms with Gasteiger partial charge in [-0.3, -0.25) is 4.79 Å². The minimum absolute atomic E-state index is 0.0718. The summed E-state index contributed by atoms with van der Waals surface area (Å²) in [6, 6.07) is 13.8. The van der Waals surface area contributed by atoms with Crippen LogP contribution >= 0.6 is 11.6 Å². The monoisotopic (exact) mass is 385 g/mol. The van der Waals surface area contributed by atoms with Gasteiger partial charge in [-0.1, -0.05) is 30.7 Å². The Morgan fingerprint density at radius 2 is 1.96 bits per heavy atom. The standard InChI is InChI=1S/C21H17ClFNO3/c1-2-21(19-4-3-9-26-19)15-10-13(14-5-7-16(22)17(23)11-14)6-8-18(15)24-20(25)12-27-21/h3-11H,2,12H2,1H3,(H,24,25). The van der Waals surface area contributed by atoms with Crippen LogP contribution in [0.15, 0.2) is 59.2 Å². The topological polar surface area (TPSA) is 51.5 Å². The molecule has 27 heavy (non-hydrogen) atoms. The number of ether oxygens (including phenoxy) is 1. The maximum Gasteiger partial charge on any atom is 0.250 e. The summed E-state index contributed by atoms with van der Waals surface area (Å²) < 4.78 is 25.6. The molecule has 1 atom stereocenters. The zero-order chi connectivity index (χ0) is 19.0. The van der Waals surface area contributed by atoms with Crippen molar-refractivity contribution in [2.75, 3.05) is 11.9 Å². The summed E-state index contributed by atoms with van der Waals surface area (Å²) in [4.78, 5) is 12.1. The van der Waals surface area contributed by atoms with Gasteiger partial charge in [-0.2, -0.15) is 0 Å². The zero-order valence-corrected chi connectivity index (χ0v) is 15.3. The van der Waals surface area contributed by atoms with E-state index < -0.39 is 11.4 Å². The molecule has 6 heteroatoms. The highest BCUT2D eigenvalue weighted by atomic mass is 35.5. The molecule has 0 saturated carbocycles. The van der Waals surface area contributed by atoms with Gasteiger partial charge in [0.2, 0.25) is 5.91 Å². The van der Waals surface area contributed by atoms with Crippen LogP contribution in [0.1, 0.15) is 24.7 Å². The molecule has 1 N–H and O–H groups in total. The van der Waals surface area contributed by atoms with Crippen LogP contribution in [0.25, 0.3) is 11.1 Å². The van der Waals surface area contributed by atoms with E-state index in [4.69, 9.17) is 20.8 Å². The third kappa shape index (κ3) is 3.03. The number of amides is 1. The fraction of sp³-hybridized carbons (Fsp3) is 0.190. The minimum Gasteiger partial charge on any atom is -0.466 e. The Bertz CT molecular complexity index is 1000. The third-order valence-corrected chi connectivity index (χ3v) is 5.15. The smallest absolute Gasteiger partial charge is 0.250 e. The highest BCUT2D eigenvalue weighted by molar-refractivity contribution is 6.30. The maximum absolute atomic E-state index is 13.9. The molecule has 138 valence electrons. The van der Waals surface area contributed by atoms with Gasteiger partial charge < -0.3 is 14.5 Å². The van der Waals surface area contributed by atoms with Gasteiger partial charge in [-0.05, 0) is 53.9 Å². The van der Waals surface area contributed by atoms with Crippen molar-refractivity contribution in [1.82, 2.24) is 0 Å². The van der Waals surface area contributed by atoms with Gasteiger partial charge in [-0.15, -0.1) is 0 Å². The summed E-state index contributed by atoms with van der Waals surface area (Å²) in [5.74, 6) is -0.105. The summed E-state index contributed by atoms with van der Waals surface area (Å²) in [5, 5.41) is 2.94. The molecule has 0 bridgehead atoms. The second kappa shape index (κ2) is 6.83. The average Bonchev–Trinajstić information content (AvgIpc) is 3.16. The van der Waals surface area contributed by atoms with E-state index in [-0.39, 0.29) is 17.5 Å². The Hall–Kier alpha value is -2.63. The van der Waals surface area contributed by atoms with Gasteiger partial charge in [0.1, 0.15) is 18.2 Å². The van der Waals surface area contributed by atoms with Crippen molar-refractivity contribution in [3.63, 3.8) is 0 Å². The van der Waals surface area contributed by atoms with Crippen molar-refractivity contribution in [3.05, 3.63) is 77.0 Å². The number of hydrogen-bond acceptors (Lipinski definition) is 3. The average molecular weight is 386 g/mol. The lowest BCUT2D eigenvalue weighted by atomic mass is 9.85. The number of fused-ring (bicyclic) bond motifs is 1. The first-order chi connectivity index (χ1) is 13.0. The maximum atomic E-state index is 13.9. The van der Waals surface area contributed by atoms with E-state index in [0.717, 1.165) is 11.1 Å². The van der Waals surface area contributed by atoms with Crippen LogP contribution in [0.4, 0.5) is 10.1 Å². The number of carbonyl (C=O) groups is 1. The Balaban J connectivity index is 1.92. The number of halogens is 2. The summed E-state index contributed by atoms with van der Waals surface area (Å²) >= 11 is 5.80. The normalized spacial score (nSPS) is 19.3.